The van der Waals surface area contributed by atoms with E-state index >= 15 is 0 Å². The van der Waals surface area contributed by atoms with Crippen molar-refractivity contribution in [1.82, 2.24) is 15.8 Å². The van der Waals surface area contributed by atoms with Crippen molar-refractivity contribution in [2.24, 2.45) is 0 Å². The summed E-state index contributed by atoms with van der Waals surface area (Å²) < 4.78 is 5.01. The van der Waals surface area contributed by atoms with E-state index in [0.717, 1.165) is 0 Å². The molecule has 2 amide bonds. The van der Waals surface area contributed by atoms with Crippen LogP contribution in [0.4, 0.5) is 0 Å². The molecule has 3 aromatic rings. The molecule has 0 fully saturated rings. The van der Waals surface area contributed by atoms with E-state index in [1.165, 1.54) is 19.4 Å². The summed E-state index contributed by atoms with van der Waals surface area (Å²) in [6, 6.07) is 11.1. The van der Waals surface area contributed by atoms with Crippen LogP contribution in [-0.4, -0.2) is 23.9 Å². The third-order valence-electron chi connectivity index (χ3n) is 3.73. The molecular formula is C18H14ClN3O4. The molecule has 0 saturated carbocycles. The zero-order valence-electron chi connectivity index (χ0n) is 13.6. The Balaban J connectivity index is 1.75. The predicted octanol–water partition coefficient (Wildman–Crippen LogP) is 2.26. The van der Waals surface area contributed by atoms with E-state index < -0.39 is 17.2 Å². The highest BCUT2D eigenvalue weighted by Gasteiger charge is 2.14. The van der Waals surface area contributed by atoms with Gasteiger partial charge in [0.2, 0.25) is 5.43 Å². The fourth-order valence-corrected chi connectivity index (χ4v) is 2.53. The third-order valence-corrected chi connectivity index (χ3v) is 3.96. The summed E-state index contributed by atoms with van der Waals surface area (Å²) in [4.78, 5) is 39.6. The van der Waals surface area contributed by atoms with E-state index in [9.17, 15) is 14.4 Å². The van der Waals surface area contributed by atoms with Gasteiger partial charge < -0.3 is 9.72 Å². The van der Waals surface area contributed by atoms with Gasteiger partial charge in [0.25, 0.3) is 11.8 Å². The number of aromatic nitrogens is 1. The highest BCUT2D eigenvalue weighted by molar-refractivity contribution is 6.31. The number of halogens is 1. The number of methoxy groups -OCH3 is 1. The van der Waals surface area contributed by atoms with Crippen LogP contribution >= 0.6 is 11.6 Å². The summed E-state index contributed by atoms with van der Waals surface area (Å²) >= 11 is 5.90. The zero-order chi connectivity index (χ0) is 18.7. The first-order chi connectivity index (χ1) is 12.5. The molecule has 0 radical (unpaired) electrons. The number of pyridine rings is 1. The van der Waals surface area contributed by atoms with E-state index in [-0.39, 0.29) is 10.9 Å². The van der Waals surface area contributed by atoms with Crippen LogP contribution in [0.5, 0.6) is 5.75 Å². The molecule has 1 aromatic heterocycles. The maximum atomic E-state index is 12.4. The lowest BCUT2D eigenvalue weighted by Gasteiger charge is -2.08. The Morgan fingerprint density at radius 2 is 1.73 bits per heavy atom. The van der Waals surface area contributed by atoms with E-state index in [0.29, 0.717) is 21.9 Å². The zero-order valence-corrected chi connectivity index (χ0v) is 14.4. The molecule has 3 rings (SSSR count). The highest BCUT2D eigenvalue weighted by atomic mass is 35.5. The largest absolute Gasteiger partial charge is 0.497 e. The van der Waals surface area contributed by atoms with Crippen LogP contribution < -0.4 is 21.0 Å². The quantitative estimate of drug-likeness (QED) is 0.615. The molecule has 0 atom stereocenters. The number of rotatable bonds is 3. The van der Waals surface area contributed by atoms with Gasteiger partial charge in [-0.05, 0) is 42.5 Å². The number of fused-ring (bicyclic) bond motifs is 1. The van der Waals surface area contributed by atoms with Crippen molar-refractivity contribution in [2.45, 2.75) is 0 Å². The van der Waals surface area contributed by atoms with Crippen LogP contribution in [0.25, 0.3) is 10.9 Å². The average Bonchev–Trinajstić information content (AvgIpc) is 2.66. The molecule has 7 nitrogen and oxygen atoms in total. The minimum Gasteiger partial charge on any atom is -0.497 e. The number of benzene rings is 2. The van der Waals surface area contributed by atoms with E-state index in [2.05, 4.69) is 15.8 Å². The Morgan fingerprint density at radius 3 is 2.42 bits per heavy atom. The number of nitrogens with one attached hydrogen (secondary N) is 3. The van der Waals surface area contributed by atoms with Gasteiger partial charge in [-0.25, -0.2) is 0 Å². The second kappa shape index (κ2) is 7.28. The summed E-state index contributed by atoms with van der Waals surface area (Å²) in [6.07, 6.45) is 1.29. The Kier molecular flexibility index (Phi) is 4.90. The fraction of sp³-hybridized carbons (Fsp3) is 0.0556. The molecular weight excluding hydrogens is 358 g/mol. The lowest BCUT2D eigenvalue weighted by atomic mass is 10.1. The summed E-state index contributed by atoms with van der Waals surface area (Å²) in [5.41, 5.74) is 4.73. The third kappa shape index (κ3) is 3.52. The van der Waals surface area contributed by atoms with E-state index in [1.54, 1.807) is 36.4 Å². The molecule has 26 heavy (non-hydrogen) atoms. The van der Waals surface area contributed by atoms with Gasteiger partial charge in [-0.3, -0.25) is 25.2 Å². The molecule has 0 aliphatic heterocycles. The molecule has 0 aliphatic carbocycles. The Morgan fingerprint density at radius 1 is 1.04 bits per heavy atom. The van der Waals surface area contributed by atoms with Gasteiger partial charge in [0.05, 0.1) is 7.11 Å². The monoisotopic (exact) mass is 371 g/mol. The van der Waals surface area contributed by atoms with Crippen LogP contribution in [0.15, 0.2) is 53.5 Å². The average molecular weight is 372 g/mol. The first kappa shape index (κ1) is 17.5. The van der Waals surface area contributed by atoms with Crippen molar-refractivity contribution >= 4 is 34.3 Å². The number of H-pyrrole nitrogens is 1. The molecule has 2 aromatic carbocycles. The summed E-state index contributed by atoms with van der Waals surface area (Å²) in [5, 5.41) is 0.667. The predicted molar refractivity (Wildman–Crippen MR) is 97.5 cm³/mol. The SMILES string of the molecule is COc1ccc(C(=O)NNC(=O)c2c[nH]c3ccc(Cl)cc3c2=O)cc1. The van der Waals surface area contributed by atoms with Crippen molar-refractivity contribution in [3.05, 3.63) is 75.0 Å². The van der Waals surface area contributed by atoms with Crippen LogP contribution in [0.1, 0.15) is 20.7 Å². The van der Waals surface area contributed by atoms with Crippen molar-refractivity contribution in [3.8, 4) is 5.75 Å². The normalized spacial score (nSPS) is 10.4. The number of hydrogen-bond donors (Lipinski definition) is 3. The first-order valence-corrected chi connectivity index (χ1v) is 7.93. The molecule has 0 aliphatic rings. The minimum atomic E-state index is -0.741. The number of carbonyl (C=O) groups is 2. The summed E-state index contributed by atoms with van der Waals surface area (Å²) in [6.45, 7) is 0. The number of aromatic amines is 1. The topological polar surface area (TPSA) is 100 Å². The van der Waals surface area contributed by atoms with E-state index in [1.807, 2.05) is 0 Å². The van der Waals surface area contributed by atoms with Gasteiger partial charge in [-0.15, -0.1) is 0 Å². The van der Waals surface area contributed by atoms with Gasteiger partial charge >= 0.3 is 0 Å². The second-order valence-corrected chi connectivity index (χ2v) is 5.79. The van der Waals surface area contributed by atoms with Gasteiger partial charge in [-0.2, -0.15) is 0 Å². The maximum absolute atomic E-state index is 12.4. The van der Waals surface area contributed by atoms with Gasteiger partial charge in [-0.1, -0.05) is 11.6 Å². The van der Waals surface area contributed by atoms with Crippen molar-refractivity contribution in [2.75, 3.05) is 7.11 Å². The summed E-state index contributed by atoms with van der Waals surface area (Å²) in [5.74, 6) is -0.664. The van der Waals surface area contributed by atoms with Crippen molar-refractivity contribution in [1.29, 1.82) is 0 Å². The fourth-order valence-electron chi connectivity index (χ4n) is 2.35. The first-order valence-electron chi connectivity index (χ1n) is 7.55. The molecule has 0 spiro atoms. The summed E-state index contributed by atoms with van der Waals surface area (Å²) in [7, 11) is 1.52. The molecule has 0 saturated heterocycles. The minimum absolute atomic E-state index is 0.144. The van der Waals surface area contributed by atoms with Crippen LogP contribution in [0.2, 0.25) is 5.02 Å². The van der Waals surface area contributed by atoms with Crippen LogP contribution in [-0.2, 0) is 0 Å². The Labute approximate surface area is 152 Å². The van der Waals surface area contributed by atoms with Gasteiger partial charge in [0, 0.05) is 27.7 Å². The van der Waals surface area contributed by atoms with Crippen molar-refractivity contribution < 1.29 is 14.3 Å². The molecule has 8 heteroatoms. The molecule has 1 heterocycles. The number of hydrogen-bond acceptors (Lipinski definition) is 4. The molecule has 132 valence electrons. The number of carbonyl (C=O) groups excluding carboxylic acids is 2. The van der Waals surface area contributed by atoms with Gasteiger partial charge in [0.1, 0.15) is 11.3 Å². The van der Waals surface area contributed by atoms with E-state index in [4.69, 9.17) is 16.3 Å². The van der Waals surface area contributed by atoms with Crippen LogP contribution in [0, 0.1) is 0 Å². The number of amides is 2. The smallest absolute Gasteiger partial charge is 0.275 e. The Hall–Kier alpha value is -3.32. The van der Waals surface area contributed by atoms with Crippen molar-refractivity contribution in [3.63, 3.8) is 0 Å². The maximum Gasteiger partial charge on any atom is 0.275 e. The number of hydrazine groups is 1. The molecule has 3 N–H and O–H groups in total. The lowest BCUT2D eigenvalue weighted by Crippen LogP contribution is -2.43. The molecule has 0 unspecified atom stereocenters. The Bertz CT molecular complexity index is 1040. The van der Waals surface area contributed by atoms with Crippen LogP contribution in [0.3, 0.4) is 0 Å². The highest BCUT2D eigenvalue weighted by Crippen LogP contribution is 2.15. The standard InChI is InChI=1S/C18H14ClN3O4/c1-26-12-5-2-10(3-6-12)17(24)21-22-18(25)14-9-20-15-7-4-11(19)8-13(15)16(14)23/h2-9H,1H3,(H,20,23)(H,21,24)(H,22,25). The van der Waals surface area contributed by atoms with Gasteiger partial charge in [0.15, 0.2) is 0 Å². The second-order valence-electron chi connectivity index (χ2n) is 5.36. The lowest BCUT2D eigenvalue weighted by molar-refractivity contribution is 0.0846. The number of ether oxygens (including phenoxy) is 1. The molecule has 0 bridgehead atoms.